The van der Waals surface area contributed by atoms with Gasteiger partial charge in [-0.1, -0.05) is 0 Å². The molecule has 5 rings (SSSR count). The van der Waals surface area contributed by atoms with Crippen molar-refractivity contribution in [3.63, 3.8) is 0 Å². The first-order valence-corrected chi connectivity index (χ1v) is 20.9. The van der Waals surface area contributed by atoms with Gasteiger partial charge in [0, 0.05) is 0 Å². The Balaban J connectivity index is 0.00000153. The summed E-state index contributed by atoms with van der Waals surface area (Å²) < 4.78 is 7.90. The Morgan fingerprint density at radius 3 is 2.12 bits per heavy atom. The molecule has 0 aromatic heterocycles. The van der Waals surface area contributed by atoms with Crippen LogP contribution in [0.4, 0.5) is 0 Å². The van der Waals surface area contributed by atoms with E-state index in [1.807, 2.05) is 0 Å². The fraction of sp³-hybridized carbons (Fsp3) is 0.407. The maximum Gasteiger partial charge on any atom is -1.00 e. The molecule has 3 atom stereocenters. The maximum absolute atomic E-state index is 7.42. The molecular weight excluding hydrogens is 559 g/mol. The number of benzene rings is 2. The van der Waals surface area contributed by atoms with E-state index in [2.05, 4.69) is 107 Å². The van der Waals surface area contributed by atoms with Gasteiger partial charge in [0.1, 0.15) is 0 Å². The zero-order valence-corrected chi connectivity index (χ0v) is 26.7. The molecule has 2 aliphatic carbocycles. The molecule has 0 bridgehead atoms. The van der Waals surface area contributed by atoms with Gasteiger partial charge in [0.05, 0.1) is 0 Å². The summed E-state index contributed by atoms with van der Waals surface area (Å²) in [4.78, 5) is 0. The second kappa shape index (κ2) is 9.02. The molecule has 1 heterocycles. The summed E-state index contributed by atoms with van der Waals surface area (Å²) in [5, 5.41) is 0.114. The molecule has 2 aromatic carbocycles. The first kappa shape index (κ1) is 27.4. The van der Waals surface area contributed by atoms with E-state index in [1.54, 1.807) is 16.7 Å². The van der Waals surface area contributed by atoms with Crippen molar-refractivity contribution in [2.45, 2.75) is 64.6 Å². The van der Waals surface area contributed by atoms with Gasteiger partial charge in [0.25, 0.3) is 0 Å². The normalized spacial score (nSPS) is 26.7. The van der Waals surface area contributed by atoms with Crippen LogP contribution >= 0.6 is 0 Å². The Morgan fingerprint density at radius 1 is 0.879 bits per heavy atom. The number of rotatable bonds is 4. The van der Waals surface area contributed by atoms with Gasteiger partial charge >= 0.3 is 203 Å². The van der Waals surface area contributed by atoms with Crippen LogP contribution in [0.25, 0.3) is 12.2 Å². The van der Waals surface area contributed by atoms with Crippen molar-refractivity contribution in [3.05, 3.63) is 81.9 Å². The van der Waals surface area contributed by atoms with Crippen molar-refractivity contribution < 1.29 is 52.5 Å². The van der Waals surface area contributed by atoms with Crippen LogP contribution in [-0.2, 0) is 31.0 Å². The van der Waals surface area contributed by atoms with Gasteiger partial charge in [-0.3, -0.25) is 0 Å². The second-order valence-electron chi connectivity index (χ2n) is 11.2. The van der Waals surface area contributed by atoms with Crippen molar-refractivity contribution >= 4 is 28.5 Å². The molecule has 33 heavy (non-hydrogen) atoms. The minimum atomic E-state index is -1.78. The standard InChI is InChI=1S/C27H34OSi2.2ClH.Zr/c1-8-30(6,7)27(2,23-17-20-13-9-10-14-21(20)18-23)25-19-22-15-11-12-16-24(22)26(25)28-29(3,4)5;;;/h9-19H,8H2,1-7H3;2*1H;/q;;;+2/p-2. The van der Waals surface area contributed by atoms with Crippen LogP contribution in [0.15, 0.2) is 59.7 Å². The number of hydrogen-bond donors (Lipinski definition) is 0. The minimum Gasteiger partial charge on any atom is -1.00 e. The van der Waals surface area contributed by atoms with E-state index in [1.165, 1.54) is 22.7 Å². The van der Waals surface area contributed by atoms with E-state index in [0.717, 1.165) is 0 Å². The third kappa shape index (κ3) is 3.92. The van der Waals surface area contributed by atoms with Gasteiger partial charge in [0.2, 0.25) is 0 Å². The SMILES string of the molecule is CC[Si](C)(C)C1(C)C2=Cc3ccccc3[CH]2[Zr+2][C]2(O[Si](C)(C)C)C1=Cc1ccccc12.[Cl-].[Cl-]. The van der Waals surface area contributed by atoms with Crippen molar-refractivity contribution in [1.82, 2.24) is 0 Å². The van der Waals surface area contributed by atoms with Gasteiger partial charge in [-0.2, -0.15) is 0 Å². The fourth-order valence-electron chi connectivity index (χ4n) is 5.98. The van der Waals surface area contributed by atoms with E-state index < -0.39 is 39.6 Å². The molecule has 0 N–H and O–H groups in total. The largest absolute Gasteiger partial charge is 1.00 e. The van der Waals surface area contributed by atoms with Gasteiger partial charge in [-0.25, -0.2) is 0 Å². The molecule has 1 saturated heterocycles. The summed E-state index contributed by atoms with van der Waals surface area (Å²) in [6, 6.07) is 19.6. The van der Waals surface area contributed by atoms with Gasteiger partial charge in [-0.15, -0.1) is 0 Å². The number of fused-ring (bicyclic) bond motifs is 6. The van der Waals surface area contributed by atoms with Crippen LogP contribution in [0.5, 0.6) is 0 Å². The van der Waals surface area contributed by atoms with Crippen LogP contribution in [-0.4, -0.2) is 16.4 Å². The molecule has 0 spiro atoms. The van der Waals surface area contributed by atoms with Crippen molar-refractivity contribution in [2.75, 3.05) is 0 Å². The van der Waals surface area contributed by atoms with E-state index in [0.29, 0.717) is 3.63 Å². The monoisotopic (exact) mass is 590 g/mol. The Hall–Kier alpha value is -0.223. The van der Waals surface area contributed by atoms with Crippen LogP contribution in [0.2, 0.25) is 43.8 Å². The molecular formula is C27H34Cl2OSi2Zr. The van der Waals surface area contributed by atoms with Crippen molar-refractivity contribution in [3.8, 4) is 0 Å². The smallest absolute Gasteiger partial charge is 1.00 e. The summed E-state index contributed by atoms with van der Waals surface area (Å²) in [6.45, 7) is 17.4. The fourth-order valence-corrected chi connectivity index (χ4v) is 18.7. The third-order valence-electron chi connectivity index (χ3n) is 8.11. The van der Waals surface area contributed by atoms with Gasteiger partial charge in [-0.05, 0) is 0 Å². The molecule has 0 radical (unpaired) electrons. The Bertz CT molecular complexity index is 1140. The minimum absolute atomic E-state index is 0. The average molecular weight is 593 g/mol. The van der Waals surface area contributed by atoms with Crippen molar-refractivity contribution in [2.24, 2.45) is 0 Å². The van der Waals surface area contributed by atoms with E-state index in [-0.39, 0.29) is 33.2 Å². The summed E-state index contributed by atoms with van der Waals surface area (Å²) in [7, 11) is -3.42. The van der Waals surface area contributed by atoms with Gasteiger partial charge in [0.15, 0.2) is 0 Å². The maximum atomic E-state index is 7.42. The van der Waals surface area contributed by atoms with Crippen LogP contribution in [0.3, 0.4) is 0 Å². The van der Waals surface area contributed by atoms with Crippen LogP contribution < -0.4 is 24.8 Å². The van der Waals surface area contributed by atoms with E-state index in [9.17, 15) is 0 Å². The first-order valence-electron chi connectivity index (χ1n) is 11.6. The van der Waals surface area contributed by atoms with Crippen LogP contribution in [0, 0.1) is 0 Å². The Kier molecular flexibility index (Phi) is 7.48. The zero-order valence-electron chi connectivity index (χ0n) is 20.7. The van der Waals surface area contributed by atoms with Crippen LogP contribution in [0.1, 0.15) is 39.7 Å². The molecule has 0 saturated carbocycles. The molecule has 0 amide bonds. The second-order valence-corrected chi connectivity index (χ2v) is 25.0. The summed E-state index contributed by atoms with van der Waals surface area (Å²) in [5.74, 6) is 0. The zero-order chi connectivity index (χ0) is 22.2. The molecule has 1 nitrogen and oxygen atoms in total. The van der Waals surface area contributed by atoms with Gasteiger partial charge < -0.3 is 24.8 Å². The third-order valence-corrected chi connectivity index (χ3v) is 19.4. The van der Waals surface area contributed by atoms with E-state index in [4.69, 9.17) is 4.43 Å². The predicted octanol–water partition coefficient (Wildman–Crippen LogP) is 1.82. The number of hydrogen-bond acceptors (Lipinski definition) is 1. The summed E-state index contributed by atoms with van der Waals surface area (Å²) >= 11 is -1.06. The number of allylic oxidation sites excluding steroid dienone is 1. The summed E-state index contributed by atoms with van der Waals surface area (Å²) in [5.41, 5.74) is 9.30. The summed E-state index contributed by atoms with van der Waals surface area (Å²) in [6.07, 6.45) is 5.16. The number of halogens is 2. The quantitative estimate of drug-likeness (QED) is 0.493. The predicted molar refractivity (Wildman–Crippen MR) is 134 cm³/mol. The molecule has 1 aliphatic heterocycles. The molecule has 3 aliphatic rings. The Morgan fingerprint density at radius 2 is 1.48 bits per heavy atom. The molecule has 3 unspecified atom stereocenters. The van der Waals surface area contributed by atoms with E-state index >= 15 is 0 Å². The van der Waals surface area contributed by atoms with Crippen molar-refractivity contribution in [1.29, 1.82) is 0 Å². The first-order chi connectivity index (χ1) is 14.5. The molecule has 6 heteroatoms. The molecule has 2 aromatic rings. The topological polar surface area (TPSA) is 9.23 Å². The molecule has 1 fully saturated rings. The average Bonchev–Trinajstić information content (AvgIpc) is 3.24. The Labute approximate surface area is 226 Å². The molecule has 174 valence electrons.